The summed E-state index contributed by atoms with van der Waals surface area (Å²) in [6.45, 7) is 8.67. The Hall–Kier alpha value is -4.04. The summed E-state index contributed by atoms with van der Waals surface area (Å²) in [5.74, 6) is -0.649. The number of aromatic nitrogens is 1. The van der Waals surface area contributed by atoms with Gasteiger partial charge in [-0.1, -0.05) is 66.0 Å². The summed E-state index contributed by atoms with van der Waals surface area (Å²) in [5.41, 5.74) is 3.15. The number of esters is 2. The first-order valence-electron chi connectivity index (χ1n) is 10.9. The summed E-state index contributed by atoms with van der Waals surface area (Å²) in [5, 5.41) is 0. The fraction of sp³-hybridized carbons (Fsp3) is 0.185. The zero-order chi connectivity index (χ0) is 25.1. The molecule has 2 aromatic carbocycles. The van der Waals surface area contributed by atoms with Crippen LogP contribution in [0.5, 0.6) is 5.75 Å². The molecule has 0 N–H and O–H groups in total. The van der Waals surface area contributed by atoms with Crippen LogP contribution in [-0.2, 0) is 14.3 Å². The lowest BCUT2D eigenvalue weighted by Gasteiger charge is -2.24. The van der Waals surface area contributed by atoms with Gasteiger partial charge in [-0.15, -0.1) is 0 Å². The van der Waals surface area contributed by atoms with Crippen molar-refractivity contribution >= 4 is 29.4 Å². The van der Waals surface area contributed by atoms with Gasteiger partial charge in [-0.05, 0) is 43.2 Å². The Morgan fingerprint density at radius 2 is 1.80 bits per heavy atom. The van der Waals surface area contributed by atoms with Crippen LogP contribution in [0.1, 0.15) is 36.6 Å². The average Bonchev–Trinajstić information content (AvgIpc) is 3.12. The molecule has 0 radical (unpaired) electrons. The number of hydrogen-bond acceptors (Lipinski definition) is 7. The van der Waals surface area contributed by atoms with Gasteiger partial charge in [-0.25, -0.2) is 9.79 Å². The second-order valence-corrected chi connectivity index (χ2v) is 9.05. The average molecular weight is 489 g/mol. The molecule has 1 aliphatic heterocycles. The minimum absolute atomic E-state index is 0.0333. The van der Waals surface area contributed by atoms with E-state index in [4.69, 9.17) is 9.47 Å². The van der Waals surface area contributed by atoms with Gasteiger partial charge in [0.25, 0.3) is 5.56 Å². The SMILES string of the molecule is C=CCOC(=O)C1=C(C)N=c2s/c(=C/c3ccc(C)cc3)c(=O)n2[C@H]1c1ccc(OC(C)=O)cc1. The van der Waals surface area contributed by atoms with Gasteiger partial charge >= 0.3 is 11.9 Å². The maximum absolute atomic E-state index is 13.6. The number of aryl methyl sites for hydroxylation is 1. The molecule has 0 amide bonds. The van der Waals surface area contributed by atoms with E-state index in [9.17, 15) is 14.4 Å². The molecule has 178 valence electrons. The molecule has 7 nitrogen and oxygen atoms in total. The van der Waals surface area contributed by atoms with E-state index < -0.39 is 18.0 Å². The first-order valence-corrected chi connectivity index (χ1v) is 11.8. The Bertz CT molecular complexity index is 1510. The van der Waals surface area contributed by atoms with Crippen molar-refractivity contribution in [3.63, 3.8) is 0 Å². The summed E-state index contributed by atoms with van der Waals surface area (Å²) in [6.07, 6.45) is 3.30. The van der Waals surface area contributed by atoms with Crippen LogP contribution in [0.2, 0.25) is 0 Å². The normalized spacial score (nSPS) is 15.3. The quantitative estimate of drug-likeness (QED) is 0.302. The van der Waals surface area contributed by atoms with Gasteiger partial charge < -0.3 is 9.47 Å². The molecule has 1 aliphatic rings. The van der Waals surface area contributed by atoms with Crippen molar-refractivity contribution in [2.45, 2.75) is 26.8 Å². The Morgan fingerprint density at radius 3 is 2.43 bits per heavy atom. The predicted octanol–water partition coefficient (Wildman–Crippen LogP) is 3.20. The van der Waals surface area contributed by atoms with Crippen molar-refractivity contribution in [2.75, 3.05) is 6.61 Å². The summed E-state index contributed by atoms with van der Waals surface area (Å²) >= 11 is 1.26. The van der Waals surface area contributed by atoms with Crippen molar-refractivity contribution in [1.29, 1.82) is 0 Å². The third kappa shape index (κ3) is 5.07. The lowest BCUT2D eigenvalue weighted by molar-refractivity contribution is -0.138. The Balaban J connectivity index is 1.88. The predicted molar refractivity (Wildman–Crippen MR) is 134 cm³/mol. The molecule has 0 fully saturated rings. The number of thiazole rings is 1. The van der Waals surface area contributed by atoms with Crippen LogP contribution in [0.3, 0.4) is 0 Å². The fourth-order valence-electron chi connectivity index (χ4n) is 3.81. The molecule has 4 rings (SSSR count). The molecule has 0 spiro atoms. The van der Waals surface area contributed by atoms with Crippen molar-refractivity contribution in [3.05, 3.63) is 109 Å². The van der Waals surface area contributed by atoms with E-state index in [0.717, 1.165) is 11.1 Å². The van der Waals surface area contributed by atoms with Gasteiger partial charge in [0.15, 0.2) is 4.80 Å². The third-order valence-corrected chi connectivity index (χ3v) is 6.39. The Kier molecular flexibility index (Phi) is 6.93. The summed E-state index contributed by atoms with van der Waals surface area (Å²) in [7, 11) is 0. The number of rotatable bonds is 6. The van der Waals surface area contributed by atoms with Crippen LogP contribution >= 0.6 is 11.3 Å². The first kappa shape index (κ1) is 24.1. The van der Waals surface area contributed by atoms with E-state index in [1.807, 2.05) is 37.3 Å². The fourth-order valence-corrected chi connectivity index (χ4v) is 4.86. The van der Waals surface area contributed by atoms with Crippen LogP contribution in [0.15, 0.2) is 82.2 Å². The first-order chi connectivity index (χ1) is 16.8. The monoisotopic (exact) mass is 488 g/mol. The molecule has 1 aromatic heterocycles. The zero-order valence-corrected chi connectivity index (χ0v) is 20.4. The minimum Gasteiger partial charge on any atom is -0.458 e. The van der Waals surface area contributed by atoms with E-state index in [0.29, 0.717) is 26.3 Å². The van der Waals surface area contributed by atoms with Gasteiger partial charge in [0.2, 0.25) is 0 Å². The maximum atomic E-state index is 13.6. The topological polar surface area (TPSA) is 87.0 Å². The number of benzene rings is 2. The van der Waals surface area contributed by atoms with Crippen LogP contribution in [-0.4, -0.2) is 23.1 Å². The van der Waals surface area contributed by atoms with E-state index >= 15 is 0 Å². The van der Waals surface area contributed by atoms with Crippen molar-refractivity contribution in [1.82, 2.24) is 4.57 Å². The molecule has 0 bridgehead atoms. The lowest BCUT2D eigenvalue weighted by atomic mass is 9.96. The number of fused-ring (bicyclic) bond motifs is 1. The number of hydrogen-bond donors (Lipinski definition) is 0. The molecule has 0 saturated heterocycles. The standard InChI is InChI=1S/C27H24N2O5S/c1-5-14-33-26(32)23-17(3)28-27-29(24(23)20-10-12-21(13-11-20)34-18(4)30)25(31)22(35-27)15-19-8-6-16(2)7-9-19/h5-13,15,24H,1,14H2,2-4H3/b22-15+/t24-/m0/s1. The molecule has 1 atom stereocenters. The van der Waals surface area contributed by atoms with Crippen molar-refractivity contribution in [2.24, 2.45) is 4.99 Å². The van der Waals surface area contributed by atoms with Gasteiger partial charge in [-0.3, -0.25) is 14.2 Å². The number of carbonyl (C=O) groups is 2. The molecule has 0 saturated carbocycles. The molecule has 3 aromatic rings. The van der Waals surface area contributed by atoms with Crippen LogP contribution in [0.4, 0.5) is 0 Å². The highest BCUT2D eigenvalue weighted by molar-refractivity contribution is 7.07. The molecular weight excluding hydrogens is 464 g/mol. The molecule has 35 heavy (non-hydrogen) atoms. The highest BCUT2D eigenvalue weighted by Crippen LogP contribution is 2.31. The molecule has 2 heterocycles. The van der Waals surface area contributed by atoms with Gasteiger partial charge in [0, 0.05) is 6.92 Å². The summed E-state index contributed by atoms with van der Waals surface area (Å²) in [6, 6.07) is 13.8. The smallest absolute Gasteiger partial charge is 0.338 e. The van der Waals surface area contributed by atoms with Gasteiger partial charge in [-0.2, -0.15) is 0 Å². The second-order valence-electron chi connectivity index (χ2n) is 8.04. The number of ether oxygens (including phenoxy) is 2. The van der Waals surface area contributed by atoms with Crippen molar-refractivity contribution in [3.8, 4) is 5.75 Å². The Labute approximate surface area is 206 Å². The van der Waals surface area contributed by atoms with Gasteiger partial charge in [0.05, 0.1) is 21.8 Å². The number of carbonyl (C=O) groups excluding carboxylic acids is 2. The van der Waals surface area contributed by atoms with Gasteiger partial charge in [0.1, 0.15) is 12.4 Å². The molecule has 0 aliphatic carbocycles. The molecule has 8 heteroatoms. The molecule has 0 unspecified atom stereocenters. The highest BCUT2D eigenvalue weighted by atomic mass is 32.1. The highest BCUT2D eigenvalue weighted by Gasteiger charge is 2.33. The largest absolute Gasteiger partial charge is 0.458 e. The Morgan fingerprint density at radius 1 is 1.11 bits per heavy atom. The zero-order valence-electron chi connectivity index (χ0n) is 19.6. The van der Waals surface area contributed by atoms with Crippen LogP contribution in [0.25, 0.3) is 6.08 Å². The van der Waals surface area contributed by atoms with Crippen LogP contribution in [0, 0.1) is 6.92 Å². The number of allylic oxidation sites excluding steroid dienone is 1. The van der Waals surface area contributed by atoms with E-state index in [2.05, 4.69) is 11.6 Å². The van der Waals surface area contributed by atoms with E-state index in [-0.39, 0.29) is 17.7 Å². The second kappa shape index (κ2) is 10.1. The van der Waals surface area contributed by atoms with Crippen molar-refractivity contribution < 1.29 is 19.1 Å². The third-order valence-electron chi connectivity index (χ3n) is 5.41. The van der Waals surface area contributed by atoms with E-state index in [1.165, 1.54) is 28.9 Å². The van der Waals surface area contributed by atoms with Crippen LogP contribution < -0.4 is 19.6 Å². The number of nitrogens with zero attached hydrogens (tertiary/aromatic N) is 2. The summed E-state index contributed by atoms with van der Waals surface area (Å²) in [4.78, 5) is 43.0. The minimum atomic E-state index is -0.755. The summed E-state index contributed by atoms with van der Waals surface area (Å²) < 4.78 is 12.5. The van der Waals surface area contributed by atoms with E-state index in [1.54, 1.807) is 31.2 Å². The molecular formula is C27H24N2O5S. The maximum Gasteiger partial charge on any atom is 0.338 e. The lowest BCUT2D eigenvalue weighted by Crippen LogP contribution is -2.39.